The van der Waals surface area contributed by atoms with Gasteiger partial charge < -0.3 is 16.0 Å². The molecule has 0 aliphatic rings. The van der Waals surface area contributed by atoms with Gasteiger partial charge in [-0.2, -0.15) is 0 Å². The van der Waals surface area contributed by atoms with Gasteiger partial charge in [0, 0.05) is 24.3 Å². The van der Waals surface area contributed by atoms with Crippen LogP contribution in [-0.4, -0.2) is 32.0 Å². The van der Waals surface area contributed by atoms with Crippen molar-refractivity contribution in [2.75, 3.05) is 25.5 Å². The number of benzene rings is 2. The van der Waals surface area contributed by atoms with Crippen molar-refractivity contribution in [1.29, 1.82) is 0 Å². The standard InChI is InChI=1S/C18H20ClFN4O/c1-21-18(22-10-9-13-5-7-14(19)8-6-13)23-12-17(25)24-16-4-2-3-15(20)11-16/h2-8,11H,9-10,12H2,1H3,(H,24,25)(H2,21,22,23). The van der Waals surface area contributed by atoms with Crippen LogP contribution in [0.2, 0.25) is 5.02 Å². The highest BCUT2D eigenvalue weighted by Crippen LogP contribution is 2.09. The smallest absolute Gasteiger partial charge is 0.243 e. The molecule has 0 saturated carbocycles. The largest absolute Gasteiger partial charge is 0.356 e. The lowest BCUT2D eigenvalue weighted by atomic mass is 10.1. The highest BCUT2D eigenvalue weighted by atomic mass is 35.5. The van der Waals surface area contributed by atoms with E-state index < -0.39 is 5.82 Å². The van der Waals surface area contributed by atoms with Crippen LogP contribution in [0.4, 0.5) is 10.1 Å². The lowest BCUT2D eigenvalue weighted by Crippen LogP contribution is -2.42. The maximum atomic E-state index is 13.1. The van der Waals surface area contributed by atoms with E-state index in [9.17, 15) is 9.18 Å². The minimum Gasteiger partial charge on any atom is -0.356 e. The van der Waals surface area contributed by atoms with Crippen molar-refractivity contribution >= 4 is 29.2 Å². The maximum Gasteiger partial charge on any atom is 0.243 e. The molecule has 0 radical (unpaired) electrons. The Hall–Kier alpha value is -2.60. The Morgan fingerprint density at radius 3 is 2.60 bits per heavy atom. The molecule has 0 bridgehead atoms. The molecule has 0 spiro atoms. The monoisotopic (exact) mass is 362 g/mol. The molecule has 25 heavy (non-hydrogen) atoms. The highest BCUT2D eigenvalue weighted by Gasteiger charge is 2.05. The summed E-state index contributed by atoms with van der Waals surface area (Å²) in [6, 6.07) is 13.4. The van der Waals surface area contributed by atoms with Crippen LogP contribution in [0.15, 0.2) is 53.5 Å². The maximum absolute atomic E-state index is 13.1. The predicted molar refractivity (Wildman–Crippen MR) is 99.6 cm³/mol. The van der Waals surface area contributed by atoms with E-state index in [1.54, 1.807) is 13.1 Å². The van der Waals surface area contributed by atoms with E-state index in [4.69, 9.17) is 11.6 Å². The summed E-state index contributed by atoms with van der Waals surface area (Å²) in [7, 11) is 1.63. The molecule has 2 rings (SSSR count). The predicted octanol–water partition coefficient (Wildman–Crippen LogP) is 2.83. The number of hydrogen-bond donors (Lipinski definition) is 3. The second-order valence-electron chi connectivity index (χ2n) is 5.29. The van der Waals surface area contributed by atoms with Gasteiger partial charge in [-0.3, -0.25) is 9.79 Å². The molecule has 2 aromatic carbocycles. The summed E-state index contributed by atoms with van der Waals surface area (Å²) in [5.41, 5.74) is 1.56. The first-order chi connectivity index (χ1) is 12.1. The number of halogens is 2. The zero-order valence-corrected chi connectivity index (χ0v) is 14.6. The number of amides is 1. The minimum atomic E-state index is -0.398. The number of hydrogen-bond acceptors (Lipinski definition) is 2. The molecule has 0 aliphatic heterocycles. The quantitative estimate of drug-likeness (QED) is 0.547. The lowest BCUT2D eigenvalue weighted by Gasteiger charge is -2.12. The number of guanidine groups is 1. The first-order valence-corrected chi connectivity index (χ1v) is 8.19. The molecule has 0 atom stereocenters. The molecule has 7 heteroatoms. The number of anilines is 1. The van der Waals surface area contributed by atoms with Crippen LogP contribution in [0.3, 0.4) is 0 Å². The summed E-state index contributed by atoms with van der Waals surface area (Å²) >= 11 is 5.85. The first kappa shape index (κ1) is 18.7. The van der Waals surface area contributed by atoms with Gasteiger partial charge in [0.1, 0.15) is 5.82 Å². The third kappa shape index (κ3) is 6.81. The lowest BCUT2D eigenvalue weighted by molar-refractivity contribution is -0.115. The Bertz CT molecular complexity index is 734. The van der Waals surface area contributed by atoms with Crippen LogP contribution in [0.5, 0.6) is 0 Å². The Balaban J connectivity index is 1.72. The summed E-state index contributed by atoms with van der Waals surface area (Å²) in [5, 5.41) is 9.36. The number of carbonyl (C=O) groups is 1. The third-order valence-electron chi connectivity index (χ3n) is 3.37. The molecule has 0 heterocycles. The molecule has 0 fully saturated rings. The second kappa shape index (κ2) is 9.64. The number of nitrogens with one attached hydrogen (secondary N) is 3. The van der Waals surface area contributed by atoms with Gasteiger partial charge in [-0.25, -0.2) is 4.39 Å². The molecular weight excluding hydrogens is 343 g/mol. The SMILES string of the molecule is CN=C(NCCc1ccc(Cl)cc1)NCC(=O)Nc1cccc(F)c1. The Labute approximate surface area is 151 Å². The summed E-state index contributed by atoms with van der Waals surface area (Å²) < 4.78 is 13.1. The van der Waals surface area contributed by atoms with Gasteiger partial charge in [-0.05, 0) is 42.3 Å². The van der Waals surface area contributed by atoms with E-state index in [-0.39, 0.29) is 12.5 Å². The Kier molecular flexibility index (Phi) is 7.22. The minimum absolute atomic E-state index is 0.0249. The van der Waals surface area contributed by atoms with E-state index in [0.29, 0.717) is 23.2 Å². The summed E-state index contributed by atoms with van der Waals surface area (Å²) in [6.45, 7) is 0.684. The molecule has 0 aromatic heterocycles. The molecular formula is C18H20ClFN4O. The number of nitrogens with zero attached hydrogens (tertiary/aromatic N) is 1. The van der Waals surface area contributed by atoms with Gasteiger partial charge in [0.2, 0.25) is 5.91 Å². The van der Waals surface area contributed by atoms with Gasteiger partial charge in [0.05, 0.1) is 6.54 Å². The zero-order chi connectivity index (χ0) is 18.1. The molecule has 1 amide bonds. The van der Waals surface area contributed by atoms with Crippen molar-refractivity contribution in [1.82, 2.24) is 10.6 Å². The van der Waals surface area contributed by atoms with Crippen LogP contribution in [0.25, 0.3) is 0 Å². The normalized spacial score (nSPS) is 11.1. The van der Waals surface area contributed by atoms with E-state index in [1.165, 1.54) is 18.2 Å². The van der Waals surface area contributed by atoms with Crippen LogP contribution in [0.1, 0.15) is 5.56 Å². The van der Waals surface area contributed by atoms with E-state index in [2.05, 4.69) is 20.9 Å². The van der Waals surface area contributed by atoms with Gasteiger partial charge in [-0.1, -0.05) is 29.8 Å². The Morgan fingerprint density at radius 1 is 1.16 bits per heavy atom. The second-order valence-corrected chi connectivity index (χ2v) is 5.72. The van der Waals surface area contributed by atoms with Crippen LogP contribution in [0, 0.1) is 5.82 Å². The van der Waals surface area contributed by atoms with Crippen molar-refractivity contribution in [3.8, 4) is 0 Å². The Morgan fingerprint density at radius 2 is 1.92 bits per heavy atom. The summed E-state index contributed by atoms with van der Waals surface area (Å²) in [4.78, 5) is 15.9. The molecule has 0 saturated heterocycles. The number of carbonyl (C=O) groups excluding carboxylic acids is 1. The molecule has 132 valence electrons. The average Bonchev–Trinajstić information content (AvgIpc) is 2.59. The molecule has 0 aliphatic carbocycles. The summed E-state index contributed by atoms with van der Waals surface area (Å²) in [6.07, 6.45) is 0.799. The van der Waals surface area contributed by atoms with E-state index in [1.807, 2.05) is 24.3 Å². The van der Waals surface area contributed by atoms with Gasteiger partial charge in [-0.15, -0.1) is 0 Å². The summed E-state index contributed by atoms with van der Waals surface area (Å²) in [5.74, 6) is -0.167. The van der Waals surface area contributed by atoms with Crippen molar-refractivity contribution < 1.29 is 9.18 Å². The van der Waals surface area contributed by atoms with Crippen LogP contribution in [-0.2, 0) is 11.2 Å². The molecule has 2 aromatic rings. The van der Waals surface area contributed by atoms with Crippen LogP contribution < -0.4 is 16.0 Å². The number of aliphatic imine (C=N–C) groups is 1. The first-order valence-electron chi connectivity index (χ1n) is 7.81. The topological polar surface area (TPSA) is 65.5 Å². The zero-order valence-electron chi connectivity index (χ0n) is 13.9. The van der Waals surface area contributed by atoms with E-state index >= 15 is 0 Å². The van der Waals surface area contributed by atoms with Gasteiger partial charge in [0.15, 0.2) is 5.96 Å². The van der Waals surface area contributed by atoms with Crippen molar-refractivity contribution in [3.05, 3.63) is 64.9 Å². The fourth-order valence-electron chi connectivity index (χ4n) is 2.13. The third-order valence-corrected chi connectivity index (χ3v) is 3.62. The van der Waals surface area contributed by atoms with Crippen molar-refractivity contribution in [2.45, 2.75) is 6.42 Å². The fraction of sp³-hybridized carbons (Fsp3) is 0.222. The van der Waals surface area contributed by atoms with Gasteiger partial charge in [0.25, 0.3) is 0 Å². The van der Waals surface area contributed by atoms with Crippen molar-refractivity contribution in [3.63, 3.8) is 0 Å². The van der Waals surface area contributed by atoms with E-state index in [0.717, 1.165) is 12.0 Å². The van der Waals surface area contributed by atoms with Gasteiger partial charge >= 0.3 is 0 Å². The fourth-order valence-corrected chi connectivity index (χ4v) is 2.26. The molecule has 0 unspecified atom stereocenters. The number of rotatable bonds is 6. The molecule has 5 nitrogen and oxygen atoms in total. The van der Waals surface area contributed by atoms with Crippen molar-refractivity contribution in [2.24, 2.45) is 4.99 Å². The molecule has 3 N–H and O–H groups in total. The van der Waals surface area contributed by atoms with Crippen LogP contribution >= 0.6 is 11.6 Å². The highest BCUT2D eigenvalue weighted by molar-refractivity contribution is 6.30. The average molecular weight is 363 g/mol.